The molecule has 0 aliphatic heterocycles. The van der Waals surface area contributed by atoms with Crippen LogP contribution in [0.3, 0.4) is 0 Å². The van der Waals surface area contributed by atoms with Gasteiger partial charge in [-0.1, -0.05) is 61.9 Å². The Labute approximate surface area is 169 Å². The Morgan fingerprint density at radius 3 is 2.54 bits per heavy atom. The fourth-order valence-corrected chi connectivity index (χ4v) is 7.40. The fourth-order valence-electron chi connectivity index (χ4n) is 7.40. The van der Waals surface area contributed by atoms with Gasteiger partial charge in [-0.2, -0.15) is 0 Å². The molecule has 3 saturated carbocycles. The Balaban J connectivity index is 1.47. The summed E-state index contributed by atoms with van der Waals surface area (Å²) >= 11 is 0. The minimum atomic E-state index is -0.315. The van der Waals surface area contributed by atoms with Gasteiger partial charge < -0.3 is 10.2 Å². The van der Waals surface area contributed by atoms with Crippen LogP contribution in [0.2, 0.25) is 0 Å². The predicted molar refractivity (Wildman–Crippen MR) is 114 cm³/mol. The number of hydrogen-bond donors (Lipinski definition) is 2. The maximum absolute atomic E-state index is 11.3. The van der Waals surface area contributed by atoms with Gasteiger partial charge in [-0.25, -0.2) is 0 Å². The van der Waals surface area contributed by atoms with Gasteiger partial charge in [0, 0.05) is 5.41 Å². The van der Waals surface area contributed by atoms with Crippen LogP contribution in [0.25, 0.3) is 6.08 Å². The van der Waals surface area contributed by atoms with E-state index < -0.39 is 0 Å². The molecule has 7 atom stereocenters. The first-order chi connectivity index (χ1) is 13.4. The van der Waals surface area contributed by atoms with Crippen LogP contribution in [0, 0.1) is 28.6 Å². The summed E-state index contributed by atoms with van der Waals surface area (Å²) in [5.41, 5.74) is 4.24. The van der Waals surface area contributed by atoms with E-state index in [9.17, 15) is 10.2 Å². The van der Waals surface area contributed by atoms with Crippen LogP contribution in [-0.4, -0.2) is 22.4 Å². The third-order valence-corrected chi connectivity index (χ3v) is 9.10. The van der Waals surface area contributed by atoms with Crippen LogP contribution >= 0.6 is 0 Å². The normalized spacial score (nSPS) is 46.5. The van der Waals surface area contributed by atoms with E-state index >= 15 is 0 Å². The van der Waals surface area contributed by atoms with E-state index in [2.05, 4.69) is 50.3 Å². The fraction of sp³-hybridized carbons (Fsp3) is 0.615. The lowest BCUT2D eigenvalue weighted by Crippen LogP contribution is -2.51. The number of rotatable bonds is 1. The minimum absolute atomic E-state index is 0.0116. The molecule has 0 amide bonds. The topological polar surface area (TPSA) is 40.5 Å². The highest BCUT2D eigenvalue weighted by atomic mass is 16.3. The maximum Gasteiger partial charge on any atom is 0.0809 e. The summed E-state index contributed by atoms with van der Waals surface area (Å²) in [4.78, 5) is 0. The van der Waals surface area contributed by atoms with Gasteiger partial charge in [0.05, 0.1) is 12.2 Å². The van der Waals surface area contributed by atoms with Crippen LogP contribution in [0.5, 0.6) is 0 Å². The standard InChI is InChI=1S/C26H34O2/c1-25-12-10-20(27)16-19(25)8-9-21-22(25)11-13-26(2)23(21)15-18(24(26)28)14-17-6-4-3-5-7-17/h3-8,14,20-24,27-28H,9-13,15-16H2,1-2H3/b18-14+. The smallest absolute Gasteiger partial charge is 0.0809 e. The molecular weight excluding hydrogens is 344 g/mol. The van der Waals surface area contributed by atoms with Crippen LogP contribution in [0.15, 0.2) is 47.6 Å². The van der Waals surface area contributed by atoms with Gasteiger partial charge >= 0.3 is 0 Å². The molecule has 5 rings (SSSR count). The van der Waals surface area contributed by atoms with Crippen LogP contribution in [0.4, 0.5) is 0 Å². The average molecular weight is 379 g/mol. The molecule has 1 aromatic carbocycles. The van der Waals surface area contributed by atoms with Crippen molar-refractivity contribution in [2.75, 3.05) is 0 Å². The largest absolute Gasteiger partial charge is 0.393 e. The molecule has 0 spiro atoms. The van der Waals surface area contributed by atoms with E-state index in [4.69, 9.17) is 0 Å². The van der Waals surface area contributed by atoms with Crippen molar-refractivity contribution >= 4 is 6.08 Å². The number of hydrogen-bond acceptors (Lipinski definition) is 2. The van der Waals surface area contributed by atoms with Crippen molar-refractivity contribution in [1.82, 2.24) is 0 Å². The Morgan fingerprint density at radius 2 is 1.75 bits per heavy atom. The van der Waals surface area contributed by atoms with Crippen molar-refractivity contribution in [3.8, 4) is 0 Å². The zero-order chi connectivity index (χ0) is 19.5. The van der Waals surface area contributed by atoms with Gasteiger partial charge in [-0.3, -0.25) is 0 Å². The Kier molecular flexibility index (Phi) is 4.37. The van der Waals surface area contributed by atoms with Gasteiger partial charge in [0.2, 0.25) is 0 Å². The summed E-state index contributed by atoms with van der Waals surface area (Å²) < 4.78 is 0. The monoisotopic (exact) mass is 378 g/mol. The molecule has 1 aromatic rings. The molecule has 2 nitrogen and oxygen atoms in total. The number of allylic oxidation sites excluding steroid dienone is 1. The molecule has 0 saturated heterocycles. The van der Waals surface area contributed by atoms with Gasteiger partial charge in [0.25, 0.3) is 0 Å². The predicted octanol–water partition coefficient (Wildman–Crippen LogP) is 5.36. The second kappa shape index (κ2) is 6.57. The van der Waals surface area contributed by atoms with Crippen molar-refractivity contribution in [2.45, 2.75) is 71.0 Å². The summed E-state index contributed by atoms with van der Waals surface area (Å²) in [6, 6.07) is 10.5. The summed E-state index contributed by atoms with van der Waals surface area (Å²) in [5.74, 6) is 1.94. The average Bonchev–Trinajstić information content (AvgIpc) is 2.94. The molecule has 28 heavy (non-hydrogen) atoms. The SMILES string of the molecule is CC12CCC(O)CC1=CCC1C2CCC2(C)C(O)/C(=C/c3ccccc3)CC12. The van der Waals surface area contributed by atoms with E-state index in [1.807, 2.05) is 6.07 Å². The number of benzene rings is 1. The van der Waals surface area contributed by atoms with Gasteiger partial charge in [0.15, 0.2) is 0 Å². The lowest BCUT2D eigenvalue weighted by Gasteiger charge is -2.57. The zero-order valence-electron chi connectivity index (χ0n) is 17.3. The molecule has 2 N–H and O–H groups in total. The van der Waals surface area contributed by atoms with Gasteiger partial charge in [-0.05, 0) is 79.3 Å². The van der Waals surface area contributed by atoms with Crippen LogP contribution in [-0.2, 0) is 0 Å². The second-order valence-corrected chi connectivity index (χ2v) is 10.4. The minimum Gasteiger partial charge on any atom is -0.393 e. The molecule has 7 unspecified atom stereocenters. The molecule has 3 fully saturated rings. The highest BCUT2D eigenvalue weighted by Crippen LogP contribution is 2.65. The second-order valence-electron chi connectivity index (χ2n) is 10.4. The summed E-state index contributed by atoms with van der Waals surface area (Å²) in [6.45, 7) is 4.81. The lowest BCUT2D eigenvalue weighted by molar-refractivity contribution is -0.0685. The van der Waals surface area contributed by atoms with Crippen molar-refractivity contribution in [2.24, 2.45) is 28.6 Å². The van der Waals surface area contributed by atoms with Crippen molar-refractivity contribution in [1.29, 1.82) is 0 Å². The van der Waals surface area contributed by atoms with Gasteiger partial charge in [-0.15, -0.1) is 0 Å². The molecule has 0 heterocycles. The first kappa shape index (κ1) is 18.6. The molecular formula is C26H34O2. The Hall–Kier alpha value is -1.38. The third-order valence-electron chi connectivity index (χ3n) is 9.10. The van der Waals surface area contributed by atoms with Crippen LogP contribution in [0.1, 0.15) is 64.4 Å². The van der Waals surface area contributed by atoms with Crippen LogP contribution < -0.4 is 0 Å². The summed E-state index contributed by atoms with van der Waals surface area (Å²) in [7, 11) is 0. The third kappa shape index (κ3) is 2.68. The Bertz CT molecular complexity index is 809. The van der Waals surface area contributed by atoms with Gasteiger partial charge in [0.1, 0.15) is 0 Å². The Morgan fingerprint density at radius 1 is 0.964 bits per heavy atom. The summed E-state index contributed by atoms with van der Waals surface area (Å²) in [6.07, 6.45) is 11.7. The molecule has 2 heteroatoms. The quantitative estimate of drug-likeness (QED) is 0.646. The molecule has 4 aliphatic rings. The lowest BCUT2D eigenvalue weighted by atomic mass is 9.48. The van der Waals surface area contributed by atoms with Crippen molar-refractivity contribution < 1.29 is 10.2 Å². The first-order valence-corrected chi connectivity index (χ1v) is 11.2. The number of aliphatic hydroxyl groups excluding tert-OH is 2. The number of fused-ring (bicyclic) bond motifs is 5. The molecule has 0 bridgehead atoms. The first-order valence-electron chi connectivity index (χ1n) is 11.2. The molecule has 0 aromatic heterocycles. The maximum atomic E-state index is 11.3. The molecule has 150 valence electrons. The summed E-state index contributed by atoms with van der Waals surface area (Å²) in [5, 5.41) is 21.5. The highest BCUT2D eigenvalue weighted by Gasteiger charge is 2.59. The molecule has 4 aliphatic carbocycles. The van der Waals surface area contributed by atoms with E-state index in [1.54, 1.807) is 0 Å². The zero-order valence-corrected chi connectivity index (χ0v) is 17.3. The van der Waals surface area contributed by atoms with E-state index in [-0.39, 0.29) is 23.0 Å². The van der Waals surface area contributed by atoms with Crippen molar-refractivity contribution in [3.63, 3.8) is 0 Å². The van der Waals surface area contributed by atoms with E-state index in [0.717, 1.165) is 38.5 Å². The number of aliphatic hydroxyl groups is 2. The highest BCUT2D eigenvalue weighted by molar-refractivity contribution is 5.55. The van der Waals surface area contributed by atoms with E-state index in [0.29, 0.717) is 17.8 Å². The van der Waals surface area contributed by atoms with E-state index in [1.165, 1.54) is 23.1 Å². The van der Waals surface area contributed by atoms with Crippen molar-refractivity contribution in [3.05, 3.63) is 53.1 Å². The molecule has 0 radical (unpaired) electrons.